The van der Waals surface area contributed by atoms with Crippen molar-refractivity contribution in [1.82, 2.24) is 0 Å². The van der Waals surface area contributed by atoms with Crippen LogP contribution in [0.25, 0.3) is 0 Å². The number of nitro groups is 2. The number of azo groups is 2. The molecule has 0 saturated carbocycles. The molecule has 276 valence electrons. The van der Waals surface area contributed by atoms with Crippen molar-refractivity contribution >= 4 is 113 Å². The number of benzene rings is 2. The molecular formula is C34H24BaN6O12S2. The Kier molecular flexibility index (Phi) is 13.5. The van der Waals surface area contributed by atoms with Gasteiger partial charge in [0.05, 0.1) is 21.2 Å². The van der Waals surface area contributed by atoms with Crippen LogP contribution in [0.15, 0.2) is 151 Å². The van der Waals surface area contributed by atoms with E-state index in [0.717, 1.165) is 12.2 Å². The van der Waals surface area contributed by atoms with Gasteiger partial charge in [0.2, 0.25) is 11.6 Å². The van der Waals surface area contributed by atoms with Crippen LogP contribution < -0.4 is 0 Å². The molecule has 2 aromatic rings. The van der Waals surface area contributed by atoms with E-state index in [0.29, 0.717) is 33.4 Å². The van der Waals surface area contributed by atoms with E-state index < -0.39 is 41.6 Å². The standard InChI is InChI=1S/2C17H13N3O6S.Ba/c2*1-10-2-4-12(9-15(10)20(22)23)18-19-17-14-6-5-13(27(24,25)26)8-11(14)3-7-16(17)21;/h2*2-9H,1H3,(H2,24,25,26);/q;;+2/p-2. The van der Waals surface area contributed by atoms with Gasteiger partial charge in [0.1, 0.15) is 11.4 Å². The molecule has 55 heavy (non-hydrogen) atoms. The van der Waals surface area contributed by atoms with Crippen molar-refractivity contribution in [3.8, 4) is 0 Å². The molecule has 18 nitrogen and oxygen atoms in total. The Hall–Kier alpha value is -4.85. The number of hydrogen-bond donors (Lipinski definition) is 2. The molecule has 0 aliphatic heterocycles. The van der Waals surface area contributed by atoms with Crippen molar-refractivity contribution in [3.63, 3.8) is 0 Å². The Morgan fingerprint density at radius 3 is 1.27 bits per heavy atom. The van der Waals surface area contributed by atoms with Gasteiger partial charge in [0.25, 0.3) is 11.4 Å². The van der Waals surface area contributed by atoms with E-state index in [1.165, 1.54) is 85.0 Å². The van der Waals surface area contributed by atoms with Crippen molar-refractivity contribution in [2.75, 3.05) is 0 Å². The molecule has 0 radical (unpaired) electrons. The van der Waals surface area contributed by atoms with E-state index in [4.69, 9.17) is 9.11 Å². The van der Waals surface area contributed by atoms with Crippen LogP contribution in [0.5, 0.6) is 0 Å². The monoisotopic (exact) mass is 910 g/mol. The zero-order chi connectivity index (χ0) is 39.5. The first-order valence-electron chi connectivity index (χ1n) is 15.1. The summed E-state index contributed by atoms with van der Waals surface area (Å²) in [6.45, 7) is 3.18. The van der Waals surface area contributed by atoms with Gasteiger partial charge >= 0.3 is 48.9 Å². The summed E-state index contributed by atoms with van der Waals surface area (Å²) in [6.07, 6.45) is 12.6. The van der Waals surface area contributed by atoms with Crippen LogP contribution in [0, 0.1) is 34.1 Å². The molecule has 2 aromatic carbocycles. The number of carbonyl (C=O) groups excluding carboxylic acids is 2. The second kappa shape index (κ2) is 17.3. The first-order valence-corrected chi connectivity index (χ1v) is 18.0. The molecule has 21 heteroatoms. The fourth-order valence-electron chi connectivity index (χ4n) is 5.00. The minimum atomic E-state index is -4.39. The molecule has 0 bridgehead atoms. The van der Waals surface area contributed by atoms with Crippen LogP contribution in [0.3, 0.4) is 0 Å². The topological polar surface area (TPSA) is 291 Å². The normalized spacial score (nSPS) is 18.2. The average molecular weight is 910 g/mol. The predicted octanol–water partition coefficient (Wildman–Crippen LogP) is 5.49. The van der Waals surface area contributed by atoms with Crippen molar-refractivity contribution in [2.45, 2.75) is 13.8 Å². The molecule has 2 atom stereocenters. The van der Waals surface area contributed by atoms with Gasteiger partial charge in [-0.2, -0.15) is 10.2 Å². The first-order chi connectivity index (χ1) is 25.3. The number of rotatable bonds is 6. The molecular weight excluding hydrogens is 886 g/mol. The third kappa shape index (κ3) is 10.3. The van der Waals surface area contributed by atoms with E-state index in [9.17, 15) is 47.3 Å². The molecule has 4 aliphatic carbocycles. The largest absolute Gasteiger partial charge is 2.00 e. The van der Waals surface area contributed by atoms with Crippen LogP contribution in [0.4, 0.5) is 22.7 Å². The van der Waals surface area contributed by atoms with Gasteiger partial charge in [0.15, 0.2) is 0 Å². The average Bonchev–Trinajstić information content (AvgIpc) is 3.10. The van der Waals surface area contributed by atoms with Crippen LogP contribution in [0.2, 0.25) is 0 Å². The number of fused-ring (bicyclic) bond motifs is 2. The number of hydrogen-bond acceptors (Lipinski definition) is 14. The Morgan fingerprint density at radius 1 is 0.582 bits per heavy atom. The summed E-state index contributed by atoms with van der Waals surface area (Å²) in [4.78, 5) is 44.6. The van der Waals surface area contributed by atoms with Crippen molar-refractivity contribution in [1.29, 1.82) is 0 Å². The summed E-state index contributed by atoms with van der Waals surface area (Å²) in [5.74, 6) is -0.903. The van der Waals surface area contributed by atoms with Gasteiger partial charge < -0.3 is 18.2 Å². The summed E-state index contributed by atoms with van der Waals surface area (Å²) in [6, 6.07) is 8.57. The minimum absolute atomic E-state index is 0. The maximum atomic E-state index is 12.1. The van der Waals surface area contributed by atoms with E-state index in [-0.39, 0.29) is 92.8 Å². The third-order valence-corrected chi connectivity index (χ3v) is 9.46. The quantitative estimate of drug-likeness (QED) is 0.120. The number of ketones is 2. The van der Waals surface area contributed by atoms with Crippen molar-refractivity contribution < 1.29 is 46.1 Å². The molecule has 0 amide bonds. The number of nitro benzene ring substituents is 2. The maximum Gasteiger partial charge on any atom is 2.00 e. The first kappa shape index (κ1) is 42.9. The molecule has 4 aliphatic rings. The van der Waals surface area contributed by atoms with Gasteiger partial charge in [-0.25, -0.2) is 0 Å². The molecule has 2 N–H and O–H groups in total. The van der Waals surface area contributed by atoms with Gasteiger partial charge in [-0.15, -0.1) is 10.2 Å². The number of aryl methyl sites for hydroxylation is 2. The van der Waals surface area contributed by atoms with Crippen LogP contribution in [-0.4, -0.2) is 107 Å². The molecule has 0 aromatic heterocycles. The van der Waals surface area contributed by atoms with Crippen molar-refractivity contribution in [3.05, 3.63) is 162 Å². The summed E-state index contributed by atoms with van der Waals surface area (Å²) < 4.78 is 63.3. The zero-order valence-corrected chi connectivity index (χ0v) is 34.5. The Morgan fingerprint density at radius 2 is 0.945 bits per heavy atom. The van der Waals surface area contributed by atoms with E-state index in [1.807, 2.05) is 0 Å². The zero-order valence-electron chi connectivity index (χ0n) is 28.4. The van der Waals surface area contributed by atoms with Crippen LogP contribution in [-0.2, 0) is 29.8 Å². The molecule has 0 saturated heterocycles. The Bertz CT molecular complexity index is 2470. The van der Waals surface area contributed by atoms with E-state index >= 15 is 0 Å². The predicted molar refractivity (Wildman–Crippen MR) is 200 cm³/mol. The fraction of sp³-hybridized carbons (Fsp3) is 0.0588. The van der Waals surface area contributed by atoms with E-state index in [2.05, 4.69) is 20.5 Å². The SMILES string of the molecule is Cc1ccc(N=NC2=C3C=CC(=S(=O)([O-])O)C=C3C=CC2=O)cc1[N+](=O)[O-].Cc1ccc(N=NC2=C3C=CC(=S(=O)([O-])O)C=C3C=CC2=O)cc1[N+](=O)[O-].[Ba+2]. The molecule has 0 spiro atoms. The molecule has 0 fully saturated rings. The fourth-order valence-corrected chi connectivity index (χ4v) is 6.03. The Balaban J connectivity index is 0.000000240. The molecule has 6 rings (SSSR count). The van der Waals surface area contributed by atoms with Crippen LogP contribution in [0.1, 0.15) is 11.1 Å². The Labute approximate surface area is 352 Å². The van der Waals surface area contributed by atoms with Gasteiger partial charge in [-0.05, 0) is 73.6 Å². The van der Waals surface area contributed by atoms with Gasteiger partial charge in [0, 0.05) is 64.3 Å². The summed E-state index contributed by atoms with van der Waals surface area (Å²) in [5, 5.41) is 37.6. The second-order valence-electron chi connectivity index (χ2n) is 11.4. The van der Waals surface area contributed by atoms with Gasteiger partial charge in [-0.1, -0.05) is 36.4 Å². The van der Waals surface area contributed by atoms with Crippen molar-refractivity contribution in [2.24, 2.45) is 20.5 Å². The minimum Gasteiger partial charge on any atom is -0.757 e. The smallest absolute Gasteiger partial charge is 0.757 e. The van der Waals surface area contributed by atoms with Gasteiger partial charge in [-0.3, -0.25) is 38.2 Å². The second-order valence-corrected chi connectivity index (χ2v) is 14.2. The number of nitrogens with zero attached hydrogens (tertiary/aromatic N) is 6. The molecule has 0 heterocycles. The summed E-state index contributed by atoms with van der Waals surface area (Å²) in [7, 11) is -8.77. The number of allylic oxidation sites excluding steroid dienone is 14. The third-order valence-electron chi connectivity index (χ3n) is 7.76. The summed E-state index contributed by atoms with van der Waals surface area (Å²) >= 11 is 0. The van der Waals surface area contributed by atoms with E-state index in [1.54, 1.807) is 13.8 Å². The van der Waals surface area contributed by atoms with Crippen LogP contribution >= 0.6 is 0 Å². The maximum absolute atomic E-state index is 12.1. The summed E-state index contributed by atoms with van der Waals surface area (Å²) in [5.41, 5.74) is 2.39. The molecule has 2 unspecified atom stereocenters. The number of carbonyl (C=O) groups is 2.